The second-order valence-electron chi connectivity index (χ2n) is 4.53. The fraction of sp³-hybridized carbons (Fsp3) is 0.0625. The Balaban J connectivity index is 1.81. The molecule has 0 saturated heterocycles. The fourth-order valence-corrected chi connectivity index (χ4v) is 3.08. The number of anilines is 2. The van der Waals surface area contributed by atoms with Gasteiger partial charge in [-0.25, -0.2) is 4.98 Å². The Bertz CT molecular complexity index is 726. The molecule has 0 saturated carbocycles. The van der Waals surface area contributed by atoms with Gasteiger partial charge in [0, 0.05) is 23.8 Å². The van der Waals surface area contributed by atoms with E-state index in [-0.39, 0.29) is 0 Å². The number of aromatic amines is 1. The van der Waals surface area contributed by atoms with Crippen LogP contribution in [0.3, 0.4) is 0 Å². The number of hydrogen-bond donors (Lipinski definition) is 2. The molecule has 106 valence electrons. The Morgan fingerprint density at radius 3 is 2.57 bits per heavy atom. The molecule has 3 aromatic rings. The minimum atomic E-state index is -1.18. The lowest BCUT2D eigenvalue weighted by atomic mass is 10.2. The highest BCUT2D eigenvalue weighted by Crippen LogP contribution is 2.22. The van der Waals surface area contributed by atoms with Gasteiger partial charge in [-0.15, -0.1) is 0 Å². The van der Waals surface area contributed by atoms with E-state index in [1.807, 2.05) is 54.6 Å². The number of para-hydroxylation sites is 2. The van der Waals surface area contributed by atoms with Gasteiger partial charge in [-0.2, -0.15) is 0 Å². The van der Waals surface area contributed by atoms with Crippen LogP contribution in [0.2, 0.25) is 0 Å². The molecule has 0 aliphatic carbocycles. The molecule has 0 bridgehead atoms. The van der Waals surface area contributed by atoms with Crippen molar-refractivity contribution >= 4 is 22.2 Å². The first-order valence-corrected chi connectivity index (χ1v) is 7.92. The number of rotatable bonds is 5. The normalized spacial score (nSPS) is 12.0. The summed E-state index contributed by atoms with van der Waals surface area (Å²) in [7, 11) is -1.18. The second-order valence-corrected chi connectivity index (χ2v) is 5.90. The molecule has 5 heteroatoms. The predicted molar refractivity (Wildman–Crippen MR) is 84.9 cm³/mol. The van der Waals surface area contributed by atoms with E-state index >= 15 is 0 Å². The van der Waals surface area contributed by atoms with Crippen LogP contribution in [0.1, 0.15) is 5.56 Å². The van der Waals surface area contributed by atoms with Gasteiger partial charge >= 0.3 is 0 Å². The van der Waals surface area contributed by atoms with Gasteiger partial charge in [0.05, 0.1) is 16.6 Å². The smallest absolute Gasteiger partial charge is 0.196 e. The van der Waals surface area contributed by atoms with Crippen molar-refractivity contribution < 1.29 is 4.21 Å². The first-order valence-electron chi connectivity index (χ1n) is 6.60. The van der Waals surface area contributed by atoms with E-state index in [0.717, 1.165) is 16.9 Å². The lowest BCUT2D eigenvalue weighted by molar-refractivity contribution is 0.677. The van der Waals surface area contributed by atoms with Crippen molar-refractivity contribution in [2.75, 3.05) is 5.32 Å². The molecule has 4 nitrogen and oxygen atoms in total. The first kappa shape index (κ1) is 13.6. The molecule has 0 radical (unpaired) electrons. The monoisotopic (exact) mass is 297 g/mol. The molecule has 2 aromatic carbocycles. The van der Waals surface area contributed by atoms with Crippen LogP contribution >= 0.6 is 0 Å². The van der Waals surface area contributed by atoms with Gasteiger partial charge in [-0.1, -0.05) is 36.4 Å². The van der Waals surface area contributed by atoms with E-state index in [2.05, 4.69) is 15.3 Å². The lowest BCUT2D eigenvalue weighted by Crippen LogP contribution is -2.02. The quantitative estimate of drug-likeness (QED) is 0.758. The van der Waals surface area contributed by atoms with Gasteiger partial charge in [0.25, 0.3) is 0 Å². The van der Waals surface area contributed by atoms with Crippen molar-refractivity contribution in [3.05, 3.63) is 72.6 Å². The SMILES string of the molecule is O=S(Cc1ccccc1Nc1ccccc1)c1ncc[nH]1. The van der Waals surface area contributed by atoms with Crippen molar-refractivity contribution in [3.8, 4) is 0 Å². The molecule has 0 aliphatic heterocycles. The van der Waals surface area contributed by atoms with Crippen LogP contribution in [-0.4, -0.2) is 14.2 Å². The minimum Gasteiger partial charge on any atom is -0.355 e. The van der Waals surface area contributed by atoms with Crippen molar-refractivity contribution in [2.45, 2.75) is 10.9 Å². The lowest BCUT2D eigenvalue weighted by Gasteiger charge is -2.11. The molecule has 0 aliphatic rings. The van der Waals surface area contributed by atoms with E-state index in [1.54, 1.807) is 12.4 Å². The summed E-state index contributed by atoms with van der Waals surface area (Å²) in [6, 6.07) is 17.8. The fourth-order valence-electron chi connectivity index (χ4n) is 2.03. The number of H-pyrrole nitrogens is 1. The van der Waals surface area contributed by atoms with Gasteiger partial charge in [-0.3, -0.25) is 4.21 Å². The van der Waals surface area contributed by atoms with E-state index in [4.69, 9.17) is 0 Å². The van der Waals surface area contributed by atoms with Crippen molar-refractivity contribution in [1.29, 1.82) is 0 Å². The van der Waals surface area contributed by atoms with Crippen LogP contribution in [0.4, 0.5) is 11.4 Å². The summed E-state index contributed by atoms with van der Waals surface area (Å²) < 4.78 is 12.3. The largest absolute Gasteiger partial charge is 0.355 e. The Morgan fingerprint density at radius 2 is 1.81 bits per heavy atom. The maximum absolute atomic E-state index is 12.3. The predicted octanol–water partition coefficient (Wildman–Crippen LogP) is 3.46. The van der Waals surface area contributed by atoms with Crippen molar-refractivity contribution in [1.82, 2.24) is 9.97 Å². The molecule has 21 heavy (non-hydrogen) atoms. The van der Waals surface area contributed by atoms with Gasteiger partial charge in [-0.05, 0) is 23.8 Å². The first-order chi connectivity index (χ1) is 10.3. The Labute approximate surface area is 125 Å². The van der Waals surface area contributed by atoms with E-state index < -0.39 is 10.8 Å². The molecule has 1 heterocycles. The highest BCUT2D eigenvalue weighted by Gasteiger charge is 2.10. The van der Waals surface area contributed by atoms with Crippen molar-refractivity contribution in [3.63, 3.8) is 0 Å². The third-order valence-corrected chi connectivity index (χ3v) is 4.27. The standard InChI is InChI=1S/C16H15N3OS/c20-21(16-17-10-11-18-16)12-13-6-4-5-9-15(13)19-14-7-2-1-3-8-14/h1-11,19H,12H2,(H,17,18). The van der Waals surface area contributed by atoms with Gasteiger partial charge < -0.3 is 10.3 Å². The molecule has 3 rings (SSSR count). The maximum atomic E-state index is 12.3. The summed E-state index contributed by atoms with van der Waals surface area (Å²) in [6.45, 7) is 0. The maximum Gasteiger partial charge on any atom is 0.196 e. The number of benzene rings is 2. The van der Waals surface area contributed by atoms with Crippen LogP contribution in [-0.2, 0) is 16.6 Å². The number of hydrogen-bond acceptors (Lipinski definition) is 3. The second kappa shape index (κ2) is 6.37. The Kier molecular flexibility index (Phi) is 4.12. The molecule has 1 atom stereocenters. The van der Waals surface area contributed by atoms with Gasteiger partial charge in [0.15, 0.2) is 5.16 Å². The minimum absolute atomic E-state index is 0.420. The summed E-state index contributed by atoms with van der Waals surface area (Å²) in [6.07, 6.45) is 3.29. The molecule has 0 spiro atoms. The van der Waals surface area contributed by atoms with Crippen LogP contribution in [0, 0.1) is 0 Å². The number of imidazole rings is 1. The van der Waals surface area contributed by atoms with Crippen LogP contribution in [0.15, 0.2) is 72.1 Å². The zero-order valence-electron chi connectivity index (χ0n) is 11.3. The average Bonchev–Trinajstić information content (AvgIpc) is 3.05. The topological polar surface area (TPSA) is 57.8 Å². The number of aromatic nitrogens is 2. The molecular formula is C16H15N3OS. The summed E-state index contributed by atoms with van der Waals surface area (Å²) in [5.74, 6) is 0.420. The average molecular weight is 297 g/mol. The summed E-state index contributed by atoms with van der Waals surface area (Å²) >= 11 is 0. The van der Waals surface area contributed by atoms with E-state index in [9.17, 15) is 4.21 Å². The molecule has 0 amide bonds. The van der Waals surface area contributed by atoms with Gasteiger partial charge in [0.1, 0.15) is 0 Å². The summed E-state index contributed by atoms with van der Waals surface area (Å²) in [5, 5.41) is 3.86. The summed E-state index contributed by atoms with van der Waals surface area (Å²) in [5.41, 5.74) is 2.97. The molecule has 2 N–H and O–H groups in total. The Morgan fingerprint density at radius 1 is 1.05 bits per heavy atom. The zero-order chi connectivity index (χ0) is 14.5. The van der Waals surface area contributed by atoms with E-state index in [1.165, 1.54) is 0 Å². The van der Waals surface area contributed by atoms with Crippen molar-refractivity contribution in [2.24, 2.45) is 0 Å². The number of nitrogens with zero attached hydrogens (tertiary/aromatic N) is 1. The zero-order valence-corrected chi connectivity index (χ0v) is 12.1. The number of nitrogens with one attached hydrogen (secondary N) is 2. The molecular weight excluding hydrogens is 282 g/mol. The molecule has 1 unspecified atom stereocenters. The third kappa shape index (κ3) is 3.38. The van der Waals surface area contributed by atoms with Gasteiger partial charge in [0.2, 0.25) is 0 Å². The highest BCUT2D eigenvalue weighted by atomic mass is 32.2. The molecule has 1 aromatic heterocycles. The molecule has 0 fully saturated rings. The van der Waals surface area contributed by atoms with Crippen LogP contribution in [0.5, 0.6) is 0 Å². The van der Waals surface area contributed by atoms with Crippen LogP contribution < -0.4 is 5.32 Å². The Hall–Kier alpha value is -2.40. The summed E-state index contributed by atoms with van der Waals surface area (Å²) in [4.78, 5) is 6.94. The third-order valence-electron chi connectivity index (χ3n) is 3.05. The van der Waals surface area contributed by atoms with Crippen LogP contribution in [0.25, 0.3) is 0 Å². The van der Waals surface area contributed by atoms with E-state index in [0.29, 0.717) is 10.9 Å². The highest BCUT2D eigenvalue weighted by molar-refractivity contribution is 7.84.